The maximum Gasteiger partial charge on any atom is 0.321 e. The molecule has 7 heteroatoms. The Labute approximate surface area is 154 Å². The van der Waals surface area contributed by atoms with Crippen molar-refractivity contribution in [3.05, 3.63) is 42.5 Å². The maximum atomic E-state index is 12.4. The molecule has 7 nitrogen and oxygen atoms in total. The number of imidazole rings is 1. The van der Waals surface area contributed by atoms with Crippen LogP contribution in [0.2, 0.25) is 0 Å². The van der Waals surface area contributed by atoms with Gasteiger partial charge in [-0.05, 0) is 24.3 Å². The van der Waals surface area contributed by atoms with Crippen molar-refractivity contribution < 1.29 is 9.53 Å². The largest absolute Gasteiger partial charge is 0.497 e. The fourth-order valence-electron chi connectivity index (χ4n) is 3.16. The van der Waals surface area contributed by atoms with E-state index >= 15 is 0 Å². The number of nitrogens with zero attached hydrogens (tertiary/aromatic N) is 4. The van der Waals surface area contributed by atoms with Gasteiger partial charge < -0.3 is 19.5 Å². The number of amides is 2. The topological polar surface area (TPSA) is 62.6 Å². The summed E-state index contributed by atoms with van der Waals surface area (Å²) in [6.45, 7) is 7.33. The molecular weight excluding hydrogens is 330 g/mol. The molecule has 1 aliphatic rings. The van der Waals surface area contributed by atoms with E-state index in [1.807, 2.05) is 41.6 Å². The fraction of sp³-hybridized carbons (Fsp3) is 0.474. The molecule has 0 atom stereocenters. The van der Waals surface area contributed by atoms with Crippen LogP contribution in [0.25, 0.3) is 0 Å². The molecule has 1 saturated heterocycles. The van der Waals surface area contributed by atoms with Crippen LogP contribution in [0.15, 0.2) is 36.7 Å². The van der Waals surface area contributed by atoms with Crippen LogP contribution in [0, 0.1) is 0 Å². The molecule has 0 radical (unpaired) electrons. The first-order valence-corrected chi connectivity index (χ1v) is 9.12. The summed E-state index contributed by atoms with van der Waals surface area (Å²) in [5, 5.41) is 2.95. The predicted octanol–water partition coefficient (Wildman–Crippen LogP) is 2.30. The molecule has 0 spiro atoms. The van der Waals surface area contributed by atoms with Gasteiger partial charge in [0.1, 0.15) is 11.6 Å². The van der Waals surface area contributed by atoms with Crippen molar-refractivity contribution in [3.8, 4) is 5.75 Å². The molecule has 1 N–H and O–H groups in total. The highest BCUT2D eigenvalue weighted by atomic mass is 16.5. The van der Waals surface area contributed by atoms with Gasteiger partial charge in [-0.25, -0.2) is 9.78 Å². The third-order valence-electron chi connectivity index (χ3n) is 4.78. The summed E-state index contributed by atoms with van der Waals surface area (Å²) < 4.78 is 7.34. The number of ether oxygens (including phenoxy) is 1. The lowest BCUT2D eigenvalue weighted by Gasteiger charge is -2.34. The van der Waals surface area contributed by atoms with Crippen molar-refractivity contribution in [1.29, 1.82) is 0 Å². The average molecular weight is 357 g/mol. The van der Waals surface area contributed by atoms with Crippen molar-refractivity contribution in [1.82, 2.24) is 19.4 Å². The first kappa shape index (κ1) is 18.3. The third kappa shape index (κ3) is 4.54. The normalized spacial score (nSPS) is 15.1. The molecule has 0 bridgehead atoms. The average Bonchev–Trinajstić information content (AvgIpc) is 3.15. The van der Waals surface area contributed by atoms with Gasteiger partial charge in [-0.15, -0.1) is 0 Å². The van der Waals surface area contributed by atoms with Crippen molar-refractivity contribution in [2.24, 2.45) is 0 Å². The Morgan fingerprint density at radius 1 is 1.15 bits per heavy atom. The van der Waals surface area contributed by atoms with E-state index < -0.39 is 0 Å². The van der Waals surface area contributed by atoms with Gasteiger partial charge in [0.05, 0.1) is 7.11 Å². The minimum Gasteiger partial charge on any atom is -0.497 e. The van der Waals surface area contributed by atoms with Crippen LogP contribution in [0.3, 0.4) is 0 Å². The summed E-state index contributed by atoms with van der Waals surface area (Å²) in [4.78, 5) is 21.0. The van der Waals surface area contributed by atoms with Gasteiger partial charge in [0.2, 0.25) is 0 Å². The van der Waals surface area contributed by atoms with Crippen LogP contribution >= 0.6 is 0 Å². The Balaban J connectivity index is 1.43. The van der Waals surface area contributed by atoms with Crippen LogP contribution in [0.4, 0.5) is 10.5 Å². The summed E-state index contributed by atoms with van der Waals surface area (Å²) >= 11 is 0. The molecule has 2 aromatic rings. The molecule has 0 saturated carbocycles. The van der Waals surface area contributed by atoms with E-state index in [4.69, 9.17) is 4.74 Å². The van der Waals surface area contributed by atoms with E-state index in [1.165, 1.54) is 0 Å². The zero-order valence-electron chi connectivity index (χ0n) is 15.5. The molecule has 1 fully saturated rings. The first-order valence-electron chi connectivity index (χ1n) is 9.12. The van der Waals surface area contributed by atoms with Crippen LogP contribution < -0.4 is 10.1 Å². The molecule has 26 heavy (non-hydrogen) atoms. The quantitative estimate of drug-likeness (QED) is 0.862. The number of carbonyl (C=O) groups is 1. The van der Waals surface area contributed by atoms with Crippen LogP contribution in [-0.4, -0.2) is 65.2 Å². The minimum absolute atomic E-state index is 0.0438. The predicted molar refractivity (Wildman–Crippen MR) is 102 cm³/mol. The summed E-state index contributed by atoms with van der Waals surface area (Å²) in [6.07, 6.45) is 4.85. The van der Waals surface area contributed by atoms with E-state index in [-0.39, 0.29) is 6.03 Å². The van der Waals surface area contributed by atoms with Crippen molar-refractivity contribution in [2.75, 3.05) is 45.2 Å². The summed E-state index contributed by atoms with van der Waals surface area (Å²) in [5.74, 6) is 1.91. The number of methoxy groups -OCH3 is 1. The lowest BCUT2D eigenvalue weighted by molar-refractivity contribution is 0.144. The van der Waals surface area contributed by atoms with Gasteiger partial charge in [-0.1, -0.05) is 6.92 Å². The highest BCUT2D eigenvalue weighted by molar-refractivity contribution is 5.89. The smallest absolute Gasteiger partial charge is 0.321 e. The minimum atomic E-state index is -0.0438. The van der Waals surface area contributed by atoms with Gasteiger partial charge in [0.25, 0.3) is 0 Å². The number of aromatic nitrogens is 2. The lowest BCUT2D eigenvalue weighted by Crippen LogP contribution is -2.50. The molecule has 2 heterocycles. The zero-order valence-corrected chi connectivity index (χ0v) is 15.5. The van der Waals surface area contributed by atoms with E-state index in [9.17, 15) is 4.79 Å². The molecule has 1 aliphatic heterocycles. The zero-order chi connectivity index (χ0) is 18.4. The molecule has 3 rings (SSSR count). The second kappa shape index (κ2) is 8.71. The standard InChI is InChI=1S/C19H27N5O2/c1-3-18-20-8-9-23(18)13-10-22-11-14-24(15-12-22)19(25)21-16-4-6-17(26-2)7-5-16/h4-9H,3,10-15H2,1-2H3,(H,21,25). The van der Waals surface area contributed by atoms with Crippen LogP contribution in [0.1, 0.15) is 12.7 Å². The van der Waals surface area contributed by atoms with E-state index in [0.29, 0.717) is 0 Å². The maximum absolute atomic E-state index is 12.4. The Bertz CT molecular complexity index is 705. The molecule has 140 valence electrons. The first-order chi connectivity index (χ1) is 12.7. The number of urea groups is 1. The van der Waals surface area contributed by atoms with Crippen molar-refractivity contribution >= 4 is 11.7 Å². The van der Waals surface area contributed by atoms with E-state index in [0.717, 1.165) is 63.0 Å². The monoisotopic (exact) mass is 357 g/mol. The summed E-state index contributed by atoms with van der Waals surface area (Å²) in [5.41, 5.74) is 0.783. The second-order valence-corrected chi connectivity index (χ2v) is 6.38. The molecule has 1 aromatic carbocycles. The van der Waals surface area contributed by atoms with Gasteiger partial charge in [-0.2, -0.15) is 0 Å². The number of piperazine rings is 1. The number of hydrogen-bond acceptors (Lipinski definition) is 4. The Morgan fingerprint density at radius 2 is 1.88 bits per heavy atom. The SMILES string of the molecule is CCc1nccn1CCN1CCN(C(=O)Nc2ccc(OC)cc2)CC1. The van der Waals surface area contributed by atoms with Gasteiger partial charge in [-0.3, -0.25) is 4.90 Å². The molecular formula is C19H27N5O2. The fourth-order valence-corrected chi connectivity index (χ4v) is 3.16. The van der Waals surface area contributed by atoms with E-state index in [2.05, 4.69) is 26.7 Å². The third-order valence-corrected chi connectivity index (χ3v) is 4.78. The number of anilines is 1. The van der Waals surface area contributed by atoms with Gasteiger partial charge in [0, 0.05) is 63.8 Å². The number of rotatable bonds is 6. The van der Waals surface area contributed by atoms with Gasteiger partial charge in [0.15, 0.2) is 0 Å². The van der Waals surface area contributed by atoms with Crippen LogP contribution in [0.5, 0.6) is 5.75 Å². The van der Waals surface area contributed by atoms with Gasteiger partial charge >= 0.3 is 6.03 Å². The number of hydrogen-bond donors (Lipinski definition) is 1. The highest BCUT2D eigenvalue weighted by Gasteiger charge is 2.21. The second-order valence-electron chi connectivity index (χ2n) is 6.38. The number of benzene rings is 1. The molecule has 1 aromatic heterocycles. The number of aryl methyl sites for hydroxylation is 1. The molecule has 2 amide bonds. The molecule has 0 aliphatic carbocycles. The van der Waals surface area contributed by atoms with Crippen molar-refractivity contribution in [3.63, 3.8) is 0 Å². The highest BCUT2D eigenvalue weighted by Crippen LogP contribution is 2.16. The Morgan fingerprint density at radius 3 is 2.54 bits per heavy atom. The number of carbonyl (C=O) groups excluding carboxylic acids is 1. The van der Waals surface area contributed by atoms with Crippen molar-refractivity contribution in [2.45, 2.75) is 19.9 Å². The molecule has 0 unspecified atom stereocenters. The Kier molecular flexibility index (Phi) is 6.12. The summed E-state index contributed by atoms with van der Waals surface area (Å²) in [7, 11) is 1.63. The Hall–Kier alpha value is -2.54. The summed E-state index contributed by atoms with van der Waals surface area (Å²) in [6, 6.07) is 7.34. The number of nitrogens with one attached hydrogen (secondary N) is 1. The van der Waals surface area contributed by atoms with Crippen LogP contribution in [-0.2, 0) is 13.0 Å². The van der Waals surface area contributed by atoms with E-state index in [1.54, 1.807) is 7.11 Å². The lowest BCUT2D eigenvalue weighted by atomic mass is 10.3.